The molecule has 0 saturated heterocycles. The van der Waals surface area contributed by atoms with Crippen LogP contribution in [0.4, 0.5) is 0 Å². The molecule has 0 fully saturated rings. The second kappa shape index (κ2) is 6.01. The van der Waals surface area contributed by atoms with Gasteiger partial charge in [0.05, 0.1) is 6.61 Å². The van der Waals surface area contributed by atoms with Crippen molar-refractivity contribution >= 4 is 21.9 Å². The van der Waals surface area contributed by atoms with Crippen molar-refractivity contribution in [3.63, 3.8) is 0 Å². The Morgan fingerprint density at radius 3 is 2.62 bits per heavy atom. The van der Waals surface area contributed by atoms with Gasteiger partial charge in [-0.05, 0) is 18.9 Å². The summed E-state index contributed by atoms with van der Waals surface area (Å²) in [4.78, 5) is 10.8. The van der Waals surface area contributed by atoms with Crippen LogP contribution >= 0.6 is 15.9 Å². The molecule has 4 heteroatoms. The van der Waals surface area contributed by atoms with Gasteiger partial charge in [0.25, 0.3) is 0 Å². The molecule has 0 saturated carbocycles. The Balaban J connectivity index is 2.25. The molecule has 0 spiro atoms. The third-order valence-electron chi connectivity index (χ3n) is 2.27. The van der Waals surface area contributed by atoms with Crippen LogP contribution in [0, 0.1) is 0 Å². The van der Waals surface area contributed by atoms with Crippen LogP contribution in [-0.4, -0.2) is 22.0 Å². The number of hydrogen-bond donors (Lipinski definition) is 1. The summed E-state index contributed by atoms with van der Waals surface area (Å²) in [6, 6.07) is 9.80. The van der Waals surface area contributed by atoms with Crippen LogP contribution < -0.4 is 0 Å². The molecule has 0 radical (unpaired) electrons. The number of ether oxygens (including phenoxy) is 1. The quantitative estimate of drug-likeness (QED) is 0.646. The van der Waals surface area contributed by atoms with Gasteiger partial charge in [0.15, 0.2) is 0 Å². The molecule has 0 aromatic heterocycles. The van der Waals surface area contributed by atoms with Gasteiger partial charge in [-0.2, -0.15) is 0 Å². The number of alkyl halides is 1. The number of halogens is 1. The van der Waals surface area contributed by atoms with Gasteiger partial charge in [-0.15, -0.1) is 0 Å². The van der Waals surface area contributed by atoms with Crippen molar-refractivity contribution in [2.75, 3.05) is 6.61 Å². The van der Waals surface area contributed by atoms with Crippen LogP contribution in [0.15, 0.2) is 30.3 Å². The maximum atomic E-state index is 10.8. The van der Waals surface area contributed by atoms with Crippen molar-refractivity contribution in [2.24, 2.45) is 0 Å². The van der Waals surface area contributed by atoms with Crippen molar-refractivity contribution in [1.82, 2.24) is 0 Å². The third-order valence-corrected chi connectivity index (χ3v) is 3.01. The van der Waals surface area contributed by atoms with E-state index in [1.807, 2.05) is 30.3 Å². The summed E-state index contributed by atoms with van der Waals surface area (Å²) in [7, 11) is 0. The van der Waals surface area contributed by atoms with Gasteiger partial charge in [-0.3, -0.25) is 4.79 Å². The first-order valence-corrected chi connectivity index (χ1v) is 5.85. The number of carboxylic acids is 1. The predicted molar refractivity (Wildman–Crippen MR) is 65.7 cm³/mol. The molecule has 1 aromatic rings. The van der Waals surface area contributed by atoms with E-state index in [0.717, 1.165) is 5.56 Å². The molecule has 0 aliphatic carbocycles. The first-order chi connectivity index (χ1) is 7.52. The van der Waals surface area contributed by atoms with Crippen molar-refractivity contribution in [2.45, 2.75) is 24.3 Å². The van der Waals surface area contributed by atoms with Crippen LogP contribution in [-0.2, 0) is 16.1 Å². The Bertz CT molecular complexity index is 335. The second-order valence-corrected chi connectivity index (χ2v) is 5.54. The molecule has 1 unspecified atom stereocenters. The predicted octanol–water partition coefficient (Wildman–Crippen LogP) is 2.83. The fourth-order valence-corrected chi connectivity index (χ4v) is 1.30. The van der Waals surface area contributed by atoms with Gasteiger partial charge in [0.1, 0.15) is 4.32 Å². The van der Waals surface area contributed by atoms with E-state index in [2.05, 4.69) is 15.9 Å². The van der Waals surface area contributed by atoms with Gasteiger partial charge in [0.2, 0.25) is 0 Å². The van der Waals surface area contributed by atoms with E-state index in [1.165, 1.54) is 0 Å². The van der Waals surface area contributed by atoms with E-state index in [4.69, 9.17) is 9.84 Å². The summed E-state index contributed by atoms with van der Waals surface area (Å²) < 4.78 is 4.51. The summed E-state index contributed by atoms with van der Waals surface area (Å²) in [5, 5.41) is 8.86. The van der Waals surface area contributed by atoms with Crippen LogP contribution in [0.5, 0.6) is 0 Å². The van der Waals surface area contributed by atoms with E-state index >= 15 is 0 Å². The zero-order valence-electron chi connectivity index (χ0n) is 9.15. The van der Waals surface area contributed by atoms with E-state index in [1.54, 1.807) is 6.92 Å². The largest absolute Gasteiger partial charge is 0.480 e. The Morgan fingerprint density at radius 1 is 1.44 bits per heavy atom. The average molecular weight is 287 g/mol. The summed E-state index contributed by atoms with van der Waals surface area (Å²) >= 11 is 3.15. The SMILES string of the molecule is CC(Br)(CCOCc1ccccc1)C(=O)O. The minimum Gasteiger partial charge on any atom is -0.480 e. The number of hydrogen-bond acceptors (Lipinski definition) is 2. The van der Waals surface area contributed by atoms with Crippen LogP contribution in [0.3, 0.4) is 0 Å². The van der Waals surface area contributed by atoms with E-state index in [9.17, 15) is 4.79 Å². The number of rotatable bonds is 6. The molecule has 0 aliphatic heterocycles. The monoisotopic (exact) mass is 286 g/mol. The molecule has 0 bridgehead atoms. The number of aliphatic carboxylic acids is 1. The molecular weight excluding hydrogens is 272 g/mol. The van der Waals surface area contributed by atoms with Gasteiger partial charge in [-0.1, -0.05) is 46.3 Å². The molecule has 1 aromatic carbocycles. The van der Waals surface area contributed by atoms with Crippen LogP contribution in [0.1, 0.15) is 18.9 Å². The van der Waals surface area contributed by atoms with Gasteiger partial charge in [-0.25, -0.2) is 0 Å². The summed E-state index contributed by atoms with van der Waals surface area (Å²) in [5.41, 5.74) is 1.09. The zero-order chi connectivity index (χ0) is 12.0. The minimum atomic E-state index is -0.899. The fraction of sp³-hybridized carbons (Fsp3) is 0.417. The van der Waals surface area contributed by atoms with Gasteiger partial charge < -0.3 is 9.84 Å². The zero-order valence-corrected chi connectivity index (χ0v) is 10.7. The first kappa shape index (κ1) is 13.2. The highest BCUT2D eigenvalue weighted by atomic mass is 79.9. The Labute approximate surface area is 104 Å². The Morgan fingerprint density at radius 2 is 2.06 bits per heavy atom. The maximum Gasteiger partial charge on any atom is 0.320 e. The lowest BCUT2D eigenvalue weighted by atomic mass is 10.1. The minimum absolute atomic E-state index is 0.420. The summed E-state index contributed by atoms with van der Waals surface area (Å²) in [5.74, 6) is -0.865. The molecular formula is C12H15BrO3. The maximum absolute atomic E-state index is 10.8. The molecule has 0 heterocycles. The highest BCUT2D eigenvalue weighted by Gasteiger charge is 2.28. The van der Waals surface area contributed by atoms with E-state index in [-0.39, 0.29) is 0 Å². The molecule has 88 valence electrons. The van der Waals surface area contributed by atoms with Crippen molar-refractivity contribution < 1.29 is 14.6 Å². The molecule has 3 nitrogen and oxygen atoms in total. The fourth-order valence-electron chi connectivity index (χ4n) is 1.14. The standard InChI is InChI=1S/C12H15BrO3/c1-12(13,11(14)15)7-8-16-9-10-5-3-2-4-6-10/h2-6H,7-9H2,1H3,(H,14,15). The molecule has 1 rings (SSSR count). The highest BCUT2D eigenvalue weighted by Crippen LogP contribution is 2.22. The van der Waals surface area contributed by atoms with Crippen LogP contribution in [0.2, 0.25) is 0 Å². The normalized spacial score (nSPS) is 14.4. The highest BCUT2D eigenvalue weighted by molar-refractivity contribution is 9.10. The Hall–Kier alpha value is -0.870. The lowest BCUT2D eigenvalue weighted by Gasteiger charge is -2.16. The van der Waals surface area contributed by atoms with E-state index < -0.39 is 10.3 Å². The van der Waals surface area contributed by atoms with Gasteiger partial charge in [0, 0.05) is 6.61 Å². The molecule has 0 aliphatic rings. The number of benzene rings is 1. The Kier molecular flexibility index (Phi) is 4.96. The lowest BCUT2D eigenvalue weighted by molar-refractivity contribution is -0.139. The second-order valence-electron chi connectivity index (χ2n) is 3.79. The van der Waals surface area contributed by atoms with Crippen molar-refractivity contribution in [3.05, 3.63) is 35.9 Å². The molecule has 1 atom stereocenters. The summed E-state index contributed by atoms with van der Waals surface area (Å²) in [6.07, 6.45) is 0.440. The molecule has 16 heavy (non-hydrogen) atoms. The molecule has 1 N–H and O–H groups in total. The van der Waals surface area contributed by atoms with Crippen molar-refractivity contribution in [1.29, 1.82) is 0 Å². The lowest BCUT2D eigenvalue weighted by Crippen LogP contribution is -2.29. The van der Waals surface area contributed by atoms with Crippen molar-refractivity contribution in [3.8, 4) is 0 Å². The van der Waals surface area contributed by atoms with E-state index in [0.29, 0.717) is 19.6 Å². The number of carbonyl (C=O) groups is 1. The topological polar surface area (TPSA) is 46.5 Å². The number of carboxylic acid groups (broad SMARTS) is 1. The van der Waals surface area contributed by atoms with Gasteiger partial charge >= 0.3 is 5.97 Å². The van der Waals surface area contributed by atoms with Crippen LogP contribution in [0.25, 0.3) is 0 Å². The summed E-state index contributed by atoms with van der Waals surface area (Å²) in [6.45, 7) is 2.56. The first-order valence-electron chi connectivity index (χ1n) is 5.06. The molecule has 0 amide bonds. The smallest absolute Gasteiger partial charge is 0.320 e. The average Bonchev–Trinajstić information content (AvgIpc) is 2.26. The third kappa shape index (κ3) is 4.33.